The Kier molecular flexibility index (Phi) is 5.55. The SMILES string of the molecule is [N-]=[N+]=NC[C@H]1O[C@H](Br)[C@H](F)C[C@@H]1OC(=O)c1ccccc1. The highest BCUT2D eigenvalue weighted by atomic mass is 79.9. The zero-order valence-corrected chi connectivity index (χ0v) is 12.5. The minimum absolute atomic E-state index is 0.0138. The van der Waals surface area contributed by atoms with E-state index in [-0.39, 0.29) is 13.0 Å². The number of nitrogens with zero attached hydrogens (tertiary/aromatic N) is 3. The Balaban J connectivity index is 2.07. The number of hydrogen-bond acceptors (Lipinski definition) is 4. The van der Waals surface area contributed by atoms with Crippen LogP contribution in [0.3, 0.4) is 0 Å². The van der Waals surface area contributed by atoms with Gasteiger partial charge in [0.05, 0.1) is 12.1 Å². The number of ether oxygens (including phenoxy) is 2. The first kappa shape index (κ1) is 15.8. The maximum Gasteiger partial charge on any atom is 0.338 e. The number of halogens is 2. The number of hydrogen-bond donors (Lipinski definition) is 0. The quantitative estimate of drug-likeness (QED) is 0.272. The molecular formula is C13H13BrFN3O3. The zero-order valence-electron chi connectivity index (χ0n) is 10.9. The maximum absolute atomic E-state index is 13.7. The lowest BCUT2D eigenvalue weighted by Crippen LogP contribution is -2.46. The van der Waals surface area contributed by atoms with Gasteiger partial charge in [-0.3, -0.25) is 0 Å². The molecule has 21 heavy (non-hydrogen) atoms. The fourth-order valence-corrected chi connectivity index (χ4v) is 2.49. The van der Waals surface area contributed by atoms with Gasteiger partial charge in [0.25, 0.3) is 0 Å². The third-order valence-corrected chi connectivity index (χ3v) is 3.84. The molecule has 1 aliphatic rings. The van der Waals surface area contributed by atoms with Crippen molar-refractivity contribution in [1.29, 1.82) is 0 Å². The summed E-state index contributed by atoms with van der Waals surface area (Å²) in [5.74, 6) is -0.560. The molecule has 0 N–H and O–H groups in total. The van der Waals surface area contributed by atoms with E-state index >= 15 is 0 Å². The number of carbonyl (C=O) groups excluding carboxylic acids is 1. The van der Waals surface area contributed by atoms with E-state index in [0.29, 0.717) is 5.56 Å². The molecule has 1 heterocycles. The third kappa shape index (κ3) is 4.17. The number of esters is 1. The monoisotopic (exact) mass is 357 g/mol. The molecule has 0 amide bonds. The first-order chi connectivity index (χ1) is 10.1. The van der Waals surface area contributed by atoms with Gasteiger partial charge in [0.15, 0.2) is 0 Å². The highest BCUT2D eigenvalue weighted by Gasteiger charge is 2.39. The van der Waals surface area contributed by atoms with Crippen LogP contribution in [-0.4, -0.2) is 35.9 Å². The molecule has 0 radical (unpaired) electrons. The van der Waals surface area contributed by atoms with Crippen molar-refractivity contribution in [1.82, 2.24) is 0 Å². The van der Waals surface area contributed by atoms with Crippen LogP contribution < -0.4 is 0 Å². The molecule has 1 aliphatic heterocycles. The van der Waals surface area contributed by atoms with Crippen LogP contribution in [-0.2, 0) is 9.47 Å². The number of alkyl halides is 2. The van der Waals surface area contributed by atoms with Crippen LogP contribution in [0.1, 0.15) is 16.8 Å². The second kappa shape index (κ2) is 7.40. The summed E-state index contributed by atoms with van der Waals surface area (Å²) in [5.41, 5.74) is 8.74. The van der Waals surface area contributed by atoms with Gasteiger partial charge in [-0.2, -0.15) is 0 Å². The Labute approximate surface area is 129 Å². The highest BCUT2D eigenvalue weighted by Crippen LogP contribution is 2.29. The van der Waals surface area contributed by atoms with E-state index in [0.717, 1.165) is 0 Å². The van der Waals surface area contributed by atoms with Crippen LogP contribution in [0.5, 0.6) is 0 Å². The van der Waals surface area contributed by atoms with Crippen molar-refractivity contribution in [2.75, 3.05) is 6.54 Å². The minimum atomic E-state index is -1.30. The lowest BCUT2D eigenvalue weighted by Gasteiger charge is -2.35. The summed E-state index contributed by atoms with van der Waals surface area (Å²) < 4.78 is 24.4. The van der Waals surface area contributed by atoms with Gasteiger partial charge in [0, 0.05) is 11.3 Å². The number of azide groups is 1. The normalized spacial score (nSPS) is 28.5. The van der Waals surface area contributed by atoms with Gasteiger partial charge >= 0.3 is 5.97 Å². The second-order valence-corrected chi connectivity index (χ2v) is 5.40. The molecule has 2 rings (SSSR count). The lowest BCUT2D eigenvalue weighted by molar-refractivity contribution is -0.116. The minimum Gasteiger partial charge on any atom is -0.456 e. The van der Waals surface area contributed by atoms with E-state index in [1.807, 2.05) is 0 Å². The number of rotatable bonds is 4. The van der Waals surface area contributed by atoms with Gasteiger partial charge in [-0.25, -0.2) is 9.18 Å². The van der Waals surface area contributed by atoms with Gasteiger partial charge in [-0.15, -0.1) is 0 Å². The molecule has 1 fully saturated rings. The van der Waals surface area contributed by atoms with E-state index in [1.165, 1.54) is 0 Å². The second-order valence-electron chi connectivity index (χ2n) is 4.50. The lowest BCUT2D eigenvalue weighted by atomic mass is 10.0. The van der Waals surface area contributed by atoms with E-state index in [2.05, 4.69) is 26.0 Å². The van der Waals surface area contributed by atoms with E-state index in [1.54, 1.807) is 30.3 Å². The Hall–Kier alpha value is -1.63. The standard InChI is InChI=1S/C13H13BrFN3O3/c14-12-9(15)6-10(11(20-12)7-17-18-16)21-13(19)8-4-2-1-3-5-8/h1-5,9-12H,6-7H2/t9-,10+,11-,12+/m1/s1. The topological polar surface area (TPSA) is 84.3 Å². The molecule has 0 saturated carbocycles. The Morgan fingerprint density at radius 2 is 2.24 bits per heavy atom. The van der Waals surface area contributed by atoms with Crippen LogP contribution in [0.2, 0.25) is 0 Å². The summed E-state index contributed by atoms with van der Waals surface area (Å²) in [6, 6.07) is 8.40. The van der Waals surface area contributed by atoms with Gasteiger partial charge in [0.2, 0.25) is 0 Å². The first-order valence-corrected chi connectivity index (χ1v) is 7.24. The first-order valence-electron chi connectivity index (χ1n) is 6.32. The fourth-order valence-electron chi connectivity index (χ4n) is 2.00. The summed E-state index contributed by atoms with van der Waals surface area (Å²) in [7, 11) is 0. The van der Waals surface area contributed by atoms with Gasteiger partial charge in [-0.05, 0) is 17.7 Å². The predicted octanol–water partition coefficient (Wildman–Crippen LogP) is 3.37. The fraction of sp³-hybridized carbons (Fsp3) is 0.462. The van der Waals surface area contributed by atoms with Crippen LogP contribution in [0, 0.1) is 0 Å². The summed E-state index contributed by atoms with van der Waals surface area (Å²) >= 11 is 3.05. The summed E-state index contributed by atoms with van der Waals surface area (Å²) in [5, 5.41) is 2.60. The van der Waals surface area contributed by atoms with E-state index in [9.17, 15) is 9.18 Å². The summed E-state index contributed by atoms with van der Waals surface area (Å²) in [6.07, 6.45) is -2.79. The molecule has 6 nitrogen and oxygen atoms in total. The molecule has 0 aliphatic carbocycles. The van der Waals surface area contributed by atoms with Crippen molar-refractivity contribution in [2.24, 2.45) is 5.11 Å². The summed E-state index contributed by atoms with van der Waals surface area (Å²) in [6.45, 7) is -0.0297. The van der Waals surface area contributed by atoms with Crippen molar-refractivity contribution in [2.45, 2.75) is 29.8 Å². The Morgan fingerprint density at radius 1 is 1.52 bits per heavy atom. The molecular weight excluding hydrogens is 345 g/mol. The zero-order chi connectivity index (χ0) is 15.2. The highest BCUT2D eigenvalue weighted by molar-refractivity contribution is 9.09. The van der Waals surface area contributed by atoms with Gasteiger partial charge in [-0.1, -0.05) is 39.2 Å². The molecule has 112 valence electrons. The van der Waals surface area contributed by atoms with Crippen molar-refractivity contribution < 1.29 is 18.7 Å². The predicted molar refractivity (Wildman–Crippen MR) is 76.8 cm³/mol. The number of benzene rings is 1. The van der Waals surface area contributed by atoms with Crippen LogP contribution in [0.25, 0.3) is 10.4 Å². The average Bonchev–Trinajstić information content (AvgIpc) is 2.50. The van der Waals surface area contributed by atoms with Gasteiger partial charge < -0.3 is 9.47 Å². The largest absolute Gasteiger partial charge is 0.456 e. The van der Waals surface area contributed by atoms with E-state index < -0.39 is 29.4 Å². The molecule has 0 bridgehead atoms. The van der Waals surface area contributed by atoms with Gasteiger partial charge in [0.1, 0.15) is 23.4 Å². The molecule has 1 aromatic carbocycles. The van der Waals surface area contributed by atoms with Crippen molar-refractivity contribution >= 4 is 21.9 Å². The molecule has 0 unspecified atom stereocenters. The maximum atomic E-state index is 13.7. The van der Waals surface area contributed by atoms with Crippen LogP contribution in [0.15, 0.2) is 35.4 Å². The summed E-state index contributed by atoms with van der Waals surface area (Å²) in [4.78, 5) is 14.6. The molecule has 0 aromatic heterocycles. The molecule has 1 aromatic rings. The Bertz CT molecular complexity index is 539. The van der Waals surface area contributed by atoms with Crippen LogP contribution in [0.4, 0.5) is 4.39 Å². The van der Waals surface area contributed by atoms with Crippen molar-refractivity contribution in [3.05, 3.63) is 46.3 Å². The molecule has 4 atom stereocenters. The smallest absolute Gasteiger partial charge is 0.338 e. The molecule has 1 saturated heterocycles. The molecule has 0 spiro atoms. The van der Waals surface area contributed by atoms with Crippen molar-refractivity contribution in [3.63, 3.8) is 0 Å². The average molecular weight is 358 g/mol. The van der Waals surface area contributed by atoms with Crippen molar-refractivity contribution in [3.8, 4) is 0 Å². The van der Waals surface area contributed by atoms with Crippen LogP contribution >= 0.6 is 15.9 Å². The van der Waals surface area contributed by atoms with E-state index in [4.69, 9.17) is 15.0 Å². The third-order valence-electron chi connectivity index (χ3n) is 3.05. The Morgan fingerprint density at radius 3 is 2.90 bits per heavy atom. The molecule has 8 heteroatoms. The number of carbonyl (C=O) groups is 1.